The third-order valence-electron chi connectivity index (χ3n) is 7.81. The van der Waals surface area contributed by atoms with Crippen molar-refractivity contribution < 1.29 is 14.1 Å². The number of anilines is 1. The van der Waals surface area contributed by atoms with Crippen LogP contribution in [-0.2, 0) is 4.79 Å². The third kappa shape index (κ3) is 3.84. The maximum absolute atomic E-state index is 12.3. The predicted molar refractivity (Wildman–Crippen MR) is 141 cm³/mol. The molecule has 3 aromatic heterocycles. The Morgan fingerprint density at radius 2 is 1.97 bits per heavy atom. The Bertz CT molecular complexity index is 1430. The first-order valence-corrected chi connectivity index (χ1v) is 13.0. The van der Waals surface area contributed by atoms with Crippen LogP contribution < -0.4 is 9.64 Å². The molecule has 1 atom stereocenters. The number of piperidine rings is 1. The molecule has 0 bridgehead atoms. The zero-order valence-electron chi connectivity index (χ0n) is 21.8. The number of hydrogen-bond acceptors (Lipinski definition) is 7. The molecule has 9 nitrogen and oxygen atoms in total. The van der Waals surface area contributed by atoms with Crippen LogP contribution >= 0.6 is 0 Å². The number of amides is 1. The van der Waals surface area contributed by atoms with E-state index in [1.165, 1.54) is 0 Å². The summed E-state index contributed by atoms with van der Waals surface area (Å²) in [7, 11) is 1.93. The number of hydrogen-bond donors (Lipinski definition) is 0. The quantitative estimate of drug-likeness (QED) is 0.398. The molecule has 1 aromatic carbocycles. The number of carbonyl (C=O) groups excluding carboxylic acids is 1. The average Bonchev–Trinajstić information content (AvgIpc) is 3.49. The van der Waals surface area contributed by atoms with Gasteiger partial charge in [0.05, 0.1) is 22.5 Å². The van der Waals surface area contributed by atoms with Gasteiger partial charge in [-0.3, -0.25) is 14.3 Å². The molecule has 2 aliphatic heterocycles. The van der Waals surface area contributed by atoms with Gasteiger partial charge in [-0.2, -0.15) is 0 Å². The highest BCUT2D eigenvalue weighted by Crippen LogP contribution is 2.46. The molecule has 1 saturated heterocycles. The lowest BCUT2D eigenvalue weighted by atomic mass is 10.0. The van der Waals surface area contributed by atoms with Gasteiger partial charge in [-0.05, 0) is 51.0 Å². The van der Waals surface area contributed by atoms with E-state index >= 15 is 0 Å². The molecule has 5 heterocycles. The number of imidazole rings is 1. The molecular formula is C28H32N6O3. The monoisotopic (exact) mass is 500 g/mol. The number of aryl methyl sites for hydroxylation is 2. The van der Waals surface area contributed by atoms with Gasteiger partial charge in [0.2, 0.25) is 11.9 Å². The lowest BCUT2D eigenvalue weighted by Crippen LogP contribution is -2.46. The fourth-order valence-corrected chi connectivity index (χ4v) is 5.81. The zero-order chi connectivity index (χ0) is 25.7. The van der Waals surface area contributed by atoms with Crippen molar-refractivity contribution in [2.45, 2.75) is 52.1 Å². The number of pyridine rings is 1. The normalized spacial score (nSPS) is 17.7. The summed E-state index contributed by atoms with van der Waals surface area (Å²) in [5.74, 6) is 2.70. The minimum absolute atomic E-state index is 0.101. The summed E-state index contributed by atoms with van der Waals surface area (Å²) in [6.45, 7) is 7.92. The van der Waals surface area contributed by atoms with Gasteiger partial charge in [0, 0.05) is 44.4 Å². The maximum Gasteiger partial charge on any atom is 0.222 e. The van der Waals surface area contributed by atoms with Crippen LogP contribution in [0.4, 0.5) is 5.95 Å². The van der Waals surface area contributed by atoms with E-state index in [4.69, 9.17) is 14.2 Å². The second-order valence-corrected chi connectivity index (χ2v) is 9.95. The molecular weight excluding hydrogens is 468 g/mol. The standard InChI is InChI=1S/C28H32N6O3/c1-5-24(35)32(4)19-11-14-33(15-12-19)28-30-22-10-9-20(25-17(2)31-37-18(25)3)27-26(22)34(28)23(16-36-27)21-8-6-7-13-29-21/h6-10,13,19,23H,5,11-12,14-16H2,1-4H3/t23-/m1/s1. The third-order valence-corrected chi connectivity index (χ3v) is 7.81. The van der Waals surface area contributed by atoms with Crippen LogP contribution in [0.5, 0.6) is 5.75 Å². The summed E-state index contributed by atoms with van der Waals surface area (Å²) in [6.07, 6.45) is 4.18. The Morgan fingerprint density at radius 1 is 1.16 bits per heavy atom. The fourth-order valence-electron chi connectivity index (χ4n) is 5.81. The molecule has 4 aromatic rings. The van der Waals surface area contributed by atoms with Crippen LogP contribution in [-0.4, -0.2) is 63.3 Å². The van der Waals surface area contributed by atoms with Gasteiger partial charge in [-0.1, -0.05) is 18.1 Å². The zero-order valence-corrected chi connectivity index (χ0v) is 21.8. The molecule has 6 rings (SSSR count). The van der Waals surface area contributed by atoms with Crippen molar-refractivity contribution in [3.8, 4) is 16.9 Å². The molecule has 1 amide bonds. The summed E-state index contributed by atoms with van der Waals surface area (Å²) in [5, 5.41) is 4.17. The first-order valence-electron chi connectivity index (χ1n) is 13.0. The molecule has 2 aliphatic rings. The first-order chi connectivity index (χ1) is 18.0. The number of rotatable bonds is 5. The van der Waals surface area contributed by atoms with Crippen LogP contribution in [0.1, 0.15) is 49.4 Å². The second kappa shape index (κ2) is 9.21. The lowest BCUT2D eigenvalue weighted by molar-refractivity contribution is -0.132. The van der Waals surface area contributed by atoms with E-state index < -0.39 is 0 Å². The molecule has 0 N–H and O–H groups in total. The van der Waals surface area contributed by atoms with Gasteiger partial charge < -0.3 is 19.1 Å². The van der Waals surface area contributed by atoms with Gasteiger partial charge in [0.25, 0.3) is 0 Å². The molecule has 9 heteroatoms. The van der Waals surface area contributed by atoms with Crippen LogP contribution in [0.15, 0.2) is 41.1 Å². The highest BCUT2D eigenvalue weighted by molar-refractivity contribution is 5.94. The van der Waals surface area contributed by atoms with Gasteiger partial charge in [-0.25, -0.2) is 4.98 Å². The van der Waals surface area contributed by atoms with Crippen molar-refractivity contribution >= 4 is 22.9 Å². The van der Waals surface area contributed by atoms with E-state index in [2.05, 4.69) is 31.7 Å². The van der Waals surface area contributed by atoms with E-state index in [1.54, 1.807) is 0 Å². The van der Waals surface area contributed by atoms with Crippen molar-refractivity contribution in [2.24, 2.45) is 0 Å². The second-order valence-electron chi connectivity index (χ2n) is 9.95. The minimum Gasteiger partial charge on any atom is -0.488 e. The van der Waals surface area contributed by atoms with E-state index in [9.17, 15) is 4.79 Å². The van der Waals surface area contributed by atoms with E-state index in [0.29, 0.717) is 13.0 Å². The van der Waals surface area contributed by atoms with Crippen molar-refractivity contribution in [2.75, 3.05) is 31.6 Å². The largest absolute Gasteiger partial charge is 0.488 e. The number of carbonyl (C=O) groups is 1. The topological polar surface area (TPSA) is 89.5 Å². The molecule has 192 valence electrons. The first kappa shape index (κ1) is 23.5. The van der Waals surface area contributed by atoms with E-state index in [0.717, 1.165) is 76.9 Å². The van der Waals surface area contributed by atoms with Crippen molar-refractivity contribution in [3.05, 3.63) is 53.7 Å². The van der Waals surface area contributed by atoms with E-state index in [1.807, 2.05) is 57.1 Å². The average molecular weight is 501 g/mol. The van der Waals surface area contributed by atoms with Crippen LogP contribution in [0, 0.1) is 13.8 Å². The van der Waals surface area contributed by atoms with Crippen molar-refractivity contribution in [1.82, 2.24) is 24.6 Å². The Hall–Kier alpha value is -3.88. The summed E-state index contributed by atoms with van der Waals surface area (Å²) in [5.41, 5.74) is 5.57. The maximum atomic E-state index is 12.3. The fraction of sp³-hybridized carbons (Fsp3) is 0.429. The smallest absolute Gasteiger partial charge is 0.222 e. The highest BCUT2D eigenvalue weighted by atomic mass is 16.5. The Labute approximate surface area is 216 Å². The number of aromatic nitrogens is 4. The summed E-state index contributed by atoms with van der Waals surface area (Å²) >= 11 is 0. The predicted octanol–water partition coefficient (Wildman–Crippen LogP) is 4.52. The Kier molecular flexibility index (Phi) is 5.85. The Morgan fingerprint density at radius 3 is 2.65 bits per heavy atom. The Balaban J connectivity index is 1.46. The van der Waals surface area contributed by atoms with Crippen LogP contribution in [0.2, 0.25) is 0 Å². The number of nitrogens with zero attached hydrogens (tertiary/aromatic N) is 6. The molecule has 0 radical (unpaired) electrons. The van der Waals surface area contributed by atoms with Crippen molar-refractivity contribution in [3.63, 3.8) is 0 Å². The van der Waals surface area contributed by atoms with Crippen LogP contribution in [0.25, 0.3) is 22.2 Å². The molecule has 1 fully saturated rings. The van der Waals surface area contributed by atoms with Crippen molar-refractivity contribution in [1.29, 1.82) is 0 Å². The molecule has 0 unspecified atom stereocenters. The number of benzene rings is 1. The van der Waals surface area contributed by atoms with Gasteiger partial charge >= 0.3 is 0 Å². The SMILES string of the molecule is CCC(=O)N(C)C1CCN(c2nc3ccc(-c4c(C)noc4C)c4c3n2[C@@H](c2ccccn2)CO4)CC1. The summed E-state index contributed by atoms with van der Waals surface area (Å²) in [4.78, 5) is 26.3. The summed E-state index contributed by atoms with van der Waals surface area (Å²) in [6, 6.07) is 10.3. The molecule has 0 spiro atoms. The van der Waals surface area contributed by atoms with Gasteiger partial charge in [-0.15, -0.1) is 0 Å². The molecule has 37 heavy (non-hydrogen) atoms. The minimum atomic E-state index is -0.101. The molecule has 0 aliphatic carbocycles. The lowest BCUT2D eigenvalue weighted by Gasteiger charge is -2.38. The van der Waals surface area contributed by atoms with Crippen LogP contribution in [0.3, 0.4) is 0 Å². The van der Waals surface area contributed by atoms with E-state index in [-0.39, 0.29) is 18.0 Å². The number of ether oxygens (including phenoxy) is 1. The van der Waals surface area contributed by atoms with Gasteiger partial charge in [0.1, 0.15) is 23.9 Å². The summed E-state index contributed by atoms with van der Waals surface area (Å²) < 4.78 is 14.3. The molecule has 0 saturated carbocycles. The highest BCUT2D eigenvalue weighted by Gasteiger charge is 2.35. The van der Waals surface area contributed by atoms with Gasteiger partial charge in [0.15, 0.2) is 5.75 Å².